The molecule has 1 aromatic rings. The summed E-state index contributed by atoms with van der Waals surface area (Å²) in [5, 5.41) is 0. The zero-order chi connectivity index (χ0) is 17.0. The van der Waals surface area contributed by atoms with E-state index in [0.29, 0.717) is 12.8 Å². The molecule has 0 bridgehead atoms. The van der Waals surface area contributed by atoms with Crippen molar-refractivity contribution < 1.29 is 27.1 Å². The number of ether oxygens (including phenoxy) is 1. The summed E-state index contributed by atoms with van der Waals surface area (Å²) in [5.74, 6) is -2.57. The Morgan fingerprint density at radius 2 is 2.09 bits per heavy atom. The van der Waals surface area contributed by atoms with Crippen LogP contribution < -0.4 is 4.72 Å². The molecule has 1 aliphatic heterocycles. The van der Waals surface area contributed by atoms with Gasteiger partial charge in [-0.15, -0.1) is 0 Å². The third-order valence-corrected chi connectivity index (χ3v) is 4.91. The molecule has 1 aliphatic rings. The lowest BCUT2D eigenvalue weighted by Crippen LogP contribution is -2.48. The highest BCUT2D eigenvalue weighted by Crippen LogP contribution is 2.21. The van der Waals surface area contributed by atoms with Crippen LogP contribution in [0.15, 0.2) is 24.3 Å². The lowest BCUT2D eigenvalue weighted by atomic mass is 10.2. The van der Waals surface area contributed by atoms with Crippen LogP contribution in [0.25, 0.3) is 0 Å². The zero-order valence-electron chi connectivity index (χ0n) is 12.5. The second kappa shape index (κ2) is 7.05. The van der Waals surface area contributed by atoms with Gasteiger partial charge in [0.05, 0.1) is 12.2 Å². The Labute approximate surface area is 133 Å². The highest BCUT2D eigenvalue weighted by Gasteiger charge is 2.40. The largest absolute Gasteiger partial charge is 0.465 e. The Balaban J connectivity index is 2.16. The summed E-state index contributed by atoms with van der Waals surface area (Å²) >= 11 is 0. The van der Waals surface area contributed by atoms with E-state index in [0.717, 1.165) is 10.4 Å². The lowest BCUT2D eigenvalue weighted by molar-refractivity contribution is -0.146. The van der Waals surface area contributed by atoms with Gasteiger partial charge in [0.15, 0.2) is 0 Å². The number of nitrogens with zero attached hydrogens (tertiary/aromatic N) is 1. The first-order valence-electron chi connectivity index (χ1n) is 7.12. The molecule has 0 aromatic heterocycles. The molecule has 0 radical (unpaired) electrons. The van der Waals surface area contributed by atoms with Crippen molar-refractivity contribution in [2.45, 2.75) is 25.8 Å². The molecule has 1 saturated heterocycles. The summed E-state index contributed by atoms with van der Waals surface area (Å²) in [6.45, 7) is 1.83. The number of hydrogen-bond donors (Lipinski definition) is 1. The van der Waals surface area contributed by atoms with E-state index in [2.05, 4.69) is 0 Å². The second-order valence-electron chi connectivity index (χ2n) is 4.94. The number of halogens is 1. The van der Waals surface area contributed by atoms with Crippen molar-refractivity contribution >= 4 is 22.1 Å². The Morgan fingerprint density at radius 3 is 2.74 bits per heavy atom. The monoisotopic (exact) mass is 344 g/mol. The zero-order valence-corrected chi connectivity index (χ0v) is 13.3. The van der Waals surface area contributed by atoms with Crippen LogP contribution in [0, 0.1) is 5.82 Å². The molecule has 1 atom stereocenters. The molecular weight excluding hydrogens is 327 g/mol. The molecule has 0 saturated carbocycles. The van der Waals surface area contributed by atoms with E-state index >= 15 is 0 Å². The molecule has 1 N–H and O–H groups in total. The number of carbonyl (C=O) groups excluding carboxylic acids is 2. The molecule has 1 fully saturated rings. The first kappa shape index (κ1) is 17.4. The van der Waals surface area contributed by atoms with Crippen LogP contribution in [0.1, 0.15) is 30.1 Å². The molecule has 1 heterocycles. The molecule has 1 amide bonds. The Morgan fingerprint density at radius 1 is 1.39 bits per heavy atom. The van der Waals surface area contributed by atoms with Gasteiger partial charge >= 0.3 is 16.2 Å². The van der Waals surface area contributed by atoms with Crippen molar-refractivity contribution in [3.05, 3.63) is 35.6 Å². The molecule has 7 nitrogen and oxygen atoms in total. The summed E-state index contributed by atoms with van der Waals surface area (Å²) in [4.78, 5) is 23.8. The fourth-order valence-corrected chi connectivity index (χ4v) is 3.74. The summed E-state index contributed by atoms with van der Waals surface area (Å²) in [6, 6.07) is 4.06. The van der Waals surface area contributed by atoms with E-state index in [9.17, 15) is 22.4 Å². The normalized spacial score (nSPS) is 18.6. The minimum absolute atomic E-state index is 0.0867. The van der Waals surface area contributed by atoms with Crippen molar-refractivity contribution in [3.8, 4) is 0 Å². The highest BCUT2D eigenvalue weighted by molar-refractivity contribution is 7.87. The maximum absolute atomic E-state index is 13.6. The fourth-order valence-electron chi connectivity index (χ4n) is 2.38. The smallest absolute Gasteiger partial charge is 0.324 e. The van der Waals surface area contributed by atoms with Gasteiger partial charge in [-0.2, -0.15) is 12.7 Å². The van der Waals surface area contributed by atoms with Crippen LogP contribution in [0.2, 0.25) is 0 Å². The third-order valence-electron chi connectivity index (χ3n) is 3.41. The van der Waals surface area contributed by atoms with Crippen LogP contribution in [0.5, 0.6) is 0 Å². The number of carbonyl (C=O) groups is 2. The van der Waals surface area contributed by atoms with Gasteiger partial charge in [-0.25, -0.2) is 9.11 Å². The SMILES string of the molecule is CCOC(=O)[C@@H]1CCCN1S(=O)(=O)NC(=O)c1ccccc1F. The van der Waals surface area contributed by atoms with Gasteiger partial charge < -0.3 is 4.74 Å². The molecule has 0 spiro atoms. The molecule has 0 aliphatic carbocycles. The molecule has 2 rings (SSSR count). The number of hydrogen-bond acceptors (Lipinski definition) is 5. The van der Waals surface area contributed by atoms with E-state index < -0.39 is 33.9 Å². The average Bonchev–Trinajstić information content (AvgIpc) is 2.98. The third kappa shape index (κ3) is 3.85. The van der Waals surface area contributed by atoms with Crippen LogP contribution in [-0.2, 0) is 19.7 Å². The van der Waals surface area contributed by atoms with Crippen molar-refractivity contribution in [1.82, 2.24) is 9.03 Å². The Hall–Kier alpha value is -2.00. The summed E-state index contributed by atoms with van der Waals surface area (Å²) < 4.78 is 45.7. The first-order valence-corrected chi connectivity index (χ1v) is 8.56. The van der Waals surface area contributed by atoms with Crippen molar-refractivity contribution in [3.63, 3.8) is 0 Å². The molecule has 1 aromatic carbocycles. The van der Waals surface area contributed by atoms with E-state index in [-0.39, 0.29) is 18.7 Å². The first-order chi connectivity index (χ1) is 10.9. The predicted octanol–water partition coefficient (Wildman–Crippen LogP) is 0.828. The maximum Gasteiger partial charge on any atom is 0.324 e. The number of amides is 1. The minimum Gasteiger partial charge on any atom is -0.465 e. The minimum atomic E-state index is -4.27. The molecule has 126 valence electrons. The fraction of sp³-hybridized carbons (Fsp3) is 0.429. The van der Waals surface area contributed by atoms with Gasteiger partial charge in [-0.1, -0.05) is 12.1 Å². The molecular formula is C14H17FN2O5S. The van der Waals surface area contributed by atoms with Gasteiger partial charge in [0.25, 0.3) is 5.91 Å². The highest BCUT2D eigenvalue weighted by atomic mass is 32.2. The van der Waals surface area contributed by atoms with Crippen LogP contribution >= 0.6 is 0 Å². The van der Waals surface area contributed by atoms with Crippen molar-refractivity contribution in [2.75, 3.05) is 13.2 Å². The Bertz CT molecular complexity index is 707. The van der Waals surface area contributed by atoms with Gasteiger partial charge in [0.2, 0.25) is 0 Å². The van der Waals surface area contributed by atoms with Crippen LogP contribution in [-0.4, -0.2) is 43.8 Å². The van der Waals surface area contributed by atoms with Crippen LogP contribution in [0.4, 0.5) is 4.39 Å². The van der Waals surface area contributed by atoms with Crippen molar-refractivity contribution in [2.24, 2.45) is 0 Å². The van der Waals surface area contributed by atoms with Crippen LogP contribution in [0.3, 0.4) is 0 Å². The van der Waals surface area contributed by atoms with Crippen molar-refractivity contribution in [1.29, 1.82) is 0 Å². The standard InChI is InChI=1S/C14H17FN2O5S/c1-2-22-14(19)12-8-5-9-17(12)23(20,21)16-13(18)10-6-3-4-7-11(10)15/h3-4,6-7,12H,2,5,8-9H2,1H3,(H,16,18)/t12-/m0/s1. The second-order valence-corrected chi connectivity index (χ2v) is 6.56. The quantitative estimate of drug-likeness (QED) is 0.799. The van der Waals surface area contributed by atoms with Gasteiger partial charge in [0.1, 0.15) is 11.9 Å². The van der Waals surface area contributed by atoms with Gasteiger partial charge in [0, 0.05) is 6.54 Å². The predicted molar refractivity (Wildman–Crippen MR) is 79.1 cm³/mol. The molecule has 23 heavy (non-hydrogen) atoms. The van der Waals surface area contributed by atoms with E-state index in [1.807, 2.05) is 0 Å². The van der Waals surface area contributed by atoms with E-state index in [4.69, 9.17) is 4.74 Å². The topological polar surface area (TPSA) is 92.8 Å². The number of esters is 1. The lowest BCUT2D eigenvalue weighted by Gasteiger charge is -2.22. The number of rotatable bonds is 5. The summed E-state index contributed by atoms with van der Waals surface area (Å²) in [5.41, 5.74) is -0.386. The molecule has 9 heteroatoms. The number of nitrogens with one attached hydrogen (secondary N) is 1. The number of benzene rings is 1. The van der Waals surface area contributed by atoms with E-state index in [1.165, 1.54) is 18.2 Å². The summed E-state index contributed by atoms with van der Waals surface area (Å²) in [7, 11) is -4.27. The van der Waals surface area contributed by atoms with E-state index in [1.54, 1.807) is 11.6 Å². The molecule has 0 unspecified atom stereocenters. The maximum atomic E-state index is 13.6. The average molecular weight is 344 g/mol. The van der Waals surface area contributed by atoms with Gasteiger partial charge in [-0.3, -0.25) is 9.59 Å². The van der Waals surface area contributed by atoms with Gasteiger partial charge in [-0.05, 0) is 31.9 Å². The summed E-state index contributed by atoms with van der Waals surface area (Å²) in [6.07, 6.45) is 0.784. The Kier molecular flexibility index (Phi) is 5.32.